The number of aromatic amines is 1. The third-order valence-electron chi connectivity index (χ3n) is 4.26. The van der Waals surface area contributed by atoms with Gasteiger partial charge in [0.1, 0.15) is 0 Å². The molecule has 1 saturated heterocycles. The van der Waals surface area contributed by atoms with Gasteiger partial charge in [-0.2, -0.15) is 4.98 Å². The van der Waals surface area contributed by atoms with Crippen LogP contribution in [-0.4, -0.2) is 45.3 Å². The van der Waals surface area contributed by atoms with Crippen molar-refractivity contribution in [1.29, 1.82) is 0 Å². The summed E-state index contributed by atoms with van der Waals surface area (Å²) in [6.45, 7) is 4.43. The van der Waals surface area contributed by atoms with E-state index in [2.05, 4.69) is 15.0 Å². The van der Waals surface area contributed by atoms with Crippen LogP contribution in [0, 0.1) is 10.7 Å². The van der Waals surface area contributed by atoms with Gasteiger partial charge in [0.05, 0.1) is 19.2 Å². The monoisotopic (exact) mass is 380 g/mol. The summed E-state index contributed by atoms with van der Waals surface area (Å²) in [5.74, 6) is 0.532. The van der Waals surface area contributed by atoms with E-state index < -0.39 is 0 Å². The van der Waals surface area contributed by atoms with Crippen molar-refractivity contribution in [1.82, 2.24) is 19.7 Å². The number of ether oxygens (including phenoxy) is 1. The quantitative estimate of drug-likeness (QED) is 0.635. The molecule has 1 N–H and O–H groups in total. The number of halogens is 1. The van der Waals surface area contributed by atoms with Gasteiger partial charge in [-0.3, -0.25) is 14.8 Å². The number of carbonyl (C=O) groups excluding carboxylic acids is 1. The van der Waals surface area contributed by atoms with Crippen molar-refractivity contribution in [2.75, 3.05) is 19.7 Å². The smallest absolute Gasteiger partial charge is 0.310 e. The maximum Gasteiger partial charge on any atom is 0.310 e. The Labute approximate surface area is 156 Å². The second kappa shape index (κ2) is 8.12. The third-order valence-corrected chi connectivity index (χ3v) is 4.83. The molecule has 6 nitrogen and oxygen atoms in total. The van der Waals surface area contributed by atoms with Crippen LogP contribution in [0.1, 0.15) is 19.8 Å². The molecule has 0 bridgehead atoms. The summed E-state index contributed by atoms with van der Waals surface area (Å²) < 4.78 is 7.47. The van der Waals surface area contributed by atoms with Crippen LogP contribution in [0.3, 0.4) is 0 Å². The molecule has 134 valence electrons. The number of likely N-dealkylation sites (tertiary alicyclic amines) is 1. The van der Waals surface area contributed by atoms with Crippen LogP contribution >= 0.6 is 23.8 Å². The van der Waals surface area contributed by atoms with E-state index in [0.29, 0.717) is 35.4 Å². The first-order valence-electron chi connectivity index (χ1n) is 8.38. The van der Waals surface area contributed by atoms with Gasteiger partial charge in [-0.15, -0.1) is 0 Å². The molecule has 0 spiro atoms. The highest BCUT2D eigenvalue weighted by atomic mass is 35.5. The van der Waals surface area contributed by atoms with Gasteiger partial charge in [-0.25, -0.2) is 4.68 Å². The first kappa shape index (κ1) is 18.1. The first-order chi connectivity index (χ1) is 12.1. The minimum Gasteiger partial charge on any atom is -0.466 e. The summed E-state index contributed by atoms with van der Waals surface area (Å²) in [6.07, 6.45) is 1.84. The highest BCUT2D eigenvalue weighted by Gasteiger charge is 2.27. The van der Waals surface area contributed by atoms with Crippen LogP contribution in [0.25, 0.3) is 11.4 Å². The van der Waals surface area contributed by atoms with E-state index in [1.54, 1.807) is 0 Å². The predicted molar refractivity (Wildman–Crippen MR) is 98.8 cm³/mol. The van der Waals surface area contributed by atoms with Gasteiger partial charge in [0.2, 0.25) is 4.77 Å². The van der Waals surface area contributed by atoms with Gasteiger partial charge >= 0.3 is 5.97 Å². The van der Waals surface area contributed by atoms with Crippen LogP contribution in [-0.2, 0) is 16.2 Å². The maximum atomic E-state index is 12.0. The maximum absolute atomic E-state index is 12.0. The lowest BCUT2D eigenvalue weighted by atomic mass is 9.99. The molecule has 1 aromatic carbocycles. The molecule has 1 atom stereocenters. The van der Waals surface area contributed by atoms with Crippen molar-refractivity contribution < 1.29 is 9.53 Å². The van der Waals surface area contributed by atoms with Gasteiger partial charge in [0.25, 0.3) is 0 Å². The Hall–Kier alpha value is -1.70. The van der Waals surface area contributed by atoms with Crippen molar-refractivity contribution in [2.45, 2.75) is 26.4 Å². The lowest BCUT2D eigenvalue weighted by molar-refractivity contribution is -0.150. The lowest BCUT2D eigenvalue weighted by Crippen LogP contribution is -2.40. The number of hydrogen-bond acceptors (Lipinski definition) is 5. The van der Waals surface area contributed by atoms with E-state index in [1.165, 1.54) is 0 Å². The zero-order valence-corrected chi connectivity index (χ0v) is 15.6. The molecule has 0 saturated carbocycles. The molecule has 8 heteroatoms. The molecule has 1 aliphatic heterocycles. The van der Waals surface area contributed by atoms with Crippen LogP contribution in [0.4, 0.5) is 0 Å². The summed E-state index contributed by atoms with van der Waals surface area (Å²) >= 11 is 11.3. The van der Waals surface area contributed by atoms with Crippen molar-refractivity contribution in [3.8, 4) is 11.4 Å². The Balaban J connectivity index is 1.69. The molecule has 2 heterocycles. The second-order valence-corrected chi connectivity index (χ2v) is 6.90. The SMILES string of the molecule is CCOC(=O)C1CCCN(Cn2[nH]c(-c3ccc(Cl)cc3)nc2=S)C1. The van der Waals surface area contributed by atoms with Crippen LogP contribution < -0.4 is 0 Å². The Kier molecular flexibility index (Phi) is 5.88. The molecular weight excluding hydrogens is 360 g/mol. The molecule has 2 aromatic rings. The Bertz CT molecular complexity index is 787. The summed E-state index contributed by atoms with van der Waals surface area (Å²) in [4.78, 5) is 18.6. The zero-order valence-electron chi connectivity index (χ0n) is 14.1. The average molecular weight is 381 g/mol. The fraction of sp³-hybridized carbons (Fsp3) is 0.471. The Morgan fingerprint density at radius 2 is 2.20 bits per heavy atom. The van der Waals surface area contributed by atoms with Crippen molar-refractivity contribution in [2.24, 2.45) is 5.92 Å². The number of benzene rings is 1. The molecular formula is C17H21ClN4O2S. The van der Waals surface area contributed by atoms with Crippen molar-refractivity contribution in [3.05, 3.63) is 34.1 Å². The van der Waals surface area contributed by atoms with E-state index in [4.69, 9.17) is 28.6 Å². The van der Waals surface area contributed by atoms with E-state index in [-0.39, 0.29) is 11.9 Å². The predicted octanol–water partition coefficient (Wildman–Crippen LogP) is 3.49. The van der Waals surface area contributed by atoms with Gasteiger partial charge < -0.3 is 4.74 Å². The van der Waals surface area contributed by atoms with Gasteiger partial charge in [-0.1, -0.05) is 11.6 Å². The molecule has 25 heavy (non-hydrogen) atoms. The van der Waals surface area contributed by atoms with E-state index in [1.807, 2.05) is 35.9 Å². The largest absolute Gasteiger partial charge is 0.466 e. The average Bonchev–Trinajstić information content (AvgIpc) is 2.97. The number of esters is 1. The summed E-state index contributed by atoms with van der Waals surface area (Å²) in [5.41, 5.74) is 0.928. The zero-order chi connectivity index (χ0) is 17.8. The second-order valence-electron chi connectivity index (χ2n) is 6.10. The molecule has 0 radical (unpaired) electrons. The molecule has 1 fully saturated rings. The number of piperidine rings is 1. The number of rotatable bonds is 5. The Morgan fingerprint density at radius 1 is 1.44 bits per heavy atom. The van der Waals surface area contributed by atoms with Gasteiger partial charge in [0, 0.05) is 17.1 Å². The topological polar surface area (TPSA) is 63.1 Å². The first-order valence-corrected chi connectivity index (χ1v) is 9.17. The fourth-order valence-electron chi connectivity index (χ4n) is 3.03. The standard InChI is InChI=1S/C17H21ClN4O2S/c1-2-24-16(23)13-4-3-9-21(10-13)11-22-17(25)19-15(20-22)12-5-7-14(18)8-6-12/h5-8,13H,2-4,9-11H2,1H3,(H,19,20,25). The molecule has 1 unspecified atom stereocenters. The molecule has 0 amide bonds. The summed E-state index contributed by atoms with van der Waals surface area (Å²) in [5, 5.41) is 3.91. The Morgan fingerprint density at radius 3 is 2.92 bits per heavy atom. The van der Waals surface area contributed by atoms with Crippen LogP contribution in [0.5, 0.6) is 0 Å². The van der Waals surface area contributed by atoms with Crippen molar-refractivity contribution in [3.63, 3.8) is 0 Å². The number of carbonyl (C=O) groups is 1. The number of hydrogen-bond donors (Lipinski definition) is 1. The minimum atomic E-state index is -0.109. The summed E-state index contributed by atoms with van der Waals surface area (Å²) in [7, 11) is 0. The van der Waals surface area contributed by atoms with E-state index >= 15 is 0 Å². The number of nitrogens with zero attached hydrogens (tertiary/aromatic N) is 3. The van der Waals surface area contributed by atoms with Crippen LogP contribution in [0.15, 0.2) is 24.3 Å². The van der Waals surface area contributed by atoms with E-state index in [0.717, 1.165) is 24.9 Å². The van der Waals surface area contributed by atoms with Crippen LogP contribution in [0.2, 0.25) is 5.02 Å². The lowest BCUT2D eigenvalue weighted by Gasteiger charge is -2.31. The normalized spacial score (nSPS) is 18.2. The fourth-order valence-corrected chi connectivity index (χ4v) is 3.35. The highest BCUT2D eigenvalue weighted by molar-refractivity contribution is 7.71. The number of aromatic nitrogens is 3. The van der Waals surface area contributed by atoms with Gasteiger partial charge in [0.15, 0.2) is 5.82 Å². The molecule has 1 aliphatic rings. The number of nitrogens with one attached hydrogen (secondary N) is 1. The van der Waals surface area contributed by atoms with Gasteiger partial charge in [-0.05, 0) is 62.8 Å². The molecule has 1 aromatic heterocycles. The number of H-pyrrole nitrogens is 1. The molecule has 3 rings (SSSR count). The summed E-state index contributed by atoms with van der Waals surface area (Å²) in [6, 6.07) is 7.44. The molecule has 0 aliphatic carbocycles. The highest BCUT2D eigenvalue weighted by Crippen LogP contribution is 2.20. The van der Waals surface area contributed by atoms with E-state index in [9.17, 15) is 4.79 Å². The third kappa shape index (κ3) is 4.48. The minimum absolute atomic E-state index is 0.0680. The van der Waals surface area contributed by atoms with Crippen molar-refractivity contribution >= 4 is 29.8 Å².